The van der Waals surface area contributed by atoms with Crippen LogP contribution in [0.4, 0.5) is 10.2 Å². The van der Waals surface area contributed by atoms with E-state index in [1.54, 1.807) is 35.9 Å². The first-order valence-corrected chi connectivity index (χ1v) is 9.08. The molecule has 0 atom stereocenters. The highest BCUT2D eigenvalue weighted by Crippen LogP contribution is 2.19. The first-order valence-electron chi connectivity index (χ1n) is 9.08. The lowest BCUT2D eigenvalue weighted by Gasteiger charge is -2.15. The van der Waals surface area contributed by atoms with Gasteiger partial charge in [0, 0.05) is 6.20 Å². The molecular weight excluding hydrogens is 387 g/mol. The Bertz CT molecular complexity index is 1490. The third kappa shape index (κ3) is 2.69. The molecule has 0 saturated carbocycles. The largest absolute Gasteiger partial charge is 0.382 e. The summed E-state index contributed by atoms with van der Waals surface area (Å²) in [6, 6.07) is 7.78. The number of para-hydroxylation sites is 1. The summed E-state index contributed by atoms with van der Waals surface area (Å²) in [6.07, 6.45) is 4.45. The Morgan fingerprint density at radius 3 is 2.77 bits per heavy atom. The van der Waals surface area contributed by atoms with Crippen molar-refractivity contribution < 1.29 is 4.39 Å². The van der Waals surface area contributed by atoms with E-state index in [0.717, 1.165) is 0 Å². The fraction of sp³-hybridized carbons (Fsp3) is 0.100. The summed E-state index contributed by atoms with van der Waals surface area (Å²) in [7, 11) is 0. The number of nitrogens with two attached hydrogens (primary N) is 1. The maximum Gasteiger partial charge on any atom is 0.268 e. The number of aryl methyl sites for hydroxylation is 1. The zero-order chi connectivity index (χ0) is 20.8. The molecule has 0 spiro atoms. The van der Waals surface area contributed by atoms with Gasteiger partial charge < -0.3 is 10.3 Å². The smallest absolute Gasteiger partial charge is 0.268 e. The van der Waals surface area contributed by atoms with Crippen LogP contribution in [-0.2, 0) is 6.54 Å². The number of rotatable bonds is 3. The Labute approximate surface area is 168 Å². The van der Waals surface area contributed by atoms with Crippen molar-refractivity contribution in [1.29, 1.82) is 0 Å². The minimum Gasteiger partial charge on any atom is -0.382 e. The van der Waals surface area contributed by atoms with Gasteiger partial charge in [0.2, 0.25) is 0 Å². The van der Waals surface area contributed by atoms with Crippen LogP contribution in [0, 0.1) is 12.7 Å². The molecule has 1 aromatic carbocycles. The molecular formula is C20H15FN8O. The SMILES string of the molecule is Cc1ccnc2nc(Cn3cnc4c(N)ncnc43)n(-c3ccccc3F)c(=O)c12. The Morgan fingerprint density at radius 2 is 1.93 bits per heavy atom. The highest BCUT2D eigenvalue weighted by molar-refractivity contribution is 5.81. The number of halogens is 1. The maximum absolute atomic E-state index is 14.7. The van der Waals surface area contributed by atoms with E-state index < -0.39 is 11.4 Å². The lowest BCUT2D eigenvalue weighted by molar-refractivity contribution is 0.607. The van der Waals surface area contributed by atoms with Crippen LogP contribution in [0.1, 0.15) is 11.4 Å². The van der Waals surface area contributed by atoms with Crippen molar-refractivity contribution in [3.63, 3.8) is 0 Å². The van der Waals surface area contributed by atoms with Crippen molar-refractivity contribution >= 4 is 28.0 Å². The molecule has 0 bridgehead atoms. The van der Waals surface area contributed by atoms with E-state index in [0.29, 0.717) is 27.8 Å². The Kier molecular flexibility index (Phi) is 3.98. The third-order valence-electron chi connectivity index (χ3n) is 4.88. The lowest BCUT2D eigenvalue weighted by atomic mass is 10.2. The van der Waals surface area contributed by atoms with Gasteiger partial charge in [-0.15, -0.1) is 0 Å². The summed E-state index contributed by atoms with van der Waals surface area (Å²) in [5, 5.41) is 0.339. The molecule has 0 amide bonds. The molecule has 4 aromatic heterocycles. The molecule has 0 radical (unpaired) electrons. The zero-order valence-corrected chi connectivity index (χ0v) is 15.8. The topological polar surface area (TPSA) is 117 Å². The van der Waals surface area contributed by atoms with E-state index in [1.807, 2.05) is 0 Å². The zero-order valence-electron chi connectivity index (χ0n) is 15.8. The third-order valence-corrected chi connectivity index (χ3v) is 4.88. The predicted molar refractivity (Wildman–Crippen MR) is 109 cm³/mol. The molecule has 0 unspecified atom stereocenters. The maximum atomic E-state index is 14.7. The van der Waals surface area contributed by atoms with Crippen LogP contribution in [0.2, 0.25) is 0 Å². The highest BCUT2D eigenvalue weighted by Gasteiger charge is 2.19. The number of nitrogens with zero attached hydrogens (tertiary/aromatic N) is 7. The van der Waals surface area contributed by atoms with Crippen LogP contribution in [0.25, 0.3) is 27.9 Å². The quantitative estimate of drug-likeness (QED) is 0.490. The van der Waals surface area contributed by atoms with Crippen molar-refractivity contribution in [2.24, 2.45) is 0 Å². The highest BCUT2D eigenvalue weighted by atomic mass is 19.1. The molecule has 10 heteroatoms. The van der Waals surface area contributed by atoms with E-state index in [2.05, 4.69) is 24.9 Å². The van der Waals surface area contributed by atoms with Crippen molar-refractivity contribution in [2.75, 3.05) is 5.73 Å². The number of pyridine rings is 1. The van der Waals surface area contributed by atoms with Crippen molar-refractivity contribution in [1.82, 2.24) is 34.1 Å². The molecule has 0 fully saturated rings. The van der Waals surface area contributed by atoms with Gasteiger partial charge in [0.15, 0.2) is 17.1 Å². The average Bonchev–Trinajstić information content (AvgIpc) is 3.13. The molecule has 5 aromatic rings. The molecule has 9 nitrogen and oxygen atoms in total. The summed E-state index contributed by atoms with van der Waals surface area (Å²) in [5.41, 5.74) is 7.49. The van der Waals surface area contributed by atoms with E-state index in [-0.39, 0.29) is 23.9 Å². The monoisotopic (exact) mass is 402 g/mol. The fourth-order valence-electron chi connectivity index (χ4n) is 3.45. The van der Waals surface area contributed by atoms with Gasteiger partial charge in [0.1, 0.15) is 23.5 Å². The van der Waals surface area contributed by atoms with Gasteiger partial charge in [-0.2, -0.15) is 0 Å². The number of anilines is 1. The Hall–Kier alpha value is -4.21. The lowest BCUT2D eigenvalue weighted by Crippen LogP contribution is -2.27. The van der Waals surface area contributed by atoms with E-state index in [1.165, 1.54) is 29.4 Å². The van der Waals surface area contributed by atoms with Crippen LogP contribution >= 0.6 is 0 Å². The second-order valence-corrected chi connectivity index (χ2v) is 6.75. The summed E-state index contributed by atoms with van der Waals surface area (Å²) >= 11 is 0. The fourth-order valence-corrected chi connectivity index (χ4v) is 3.45. The Balaban J connectivity index is 1.80. The number of imidazole rings is 1. The minimum absolute atomic E-state index is 0.0993. The van der Waals surface area contributed by atoms with Gasteiger partial charge in [-0.25, -0.2) is 29.3 Å². The van der Waals surface area contributed by atoms with E-state index in [4.69, 9.17) is 5.73 Å². The Morgan fingerprint density at radius 1 is 1.10 bits per heavy atom. The molecule has 30 heavy (non-hydrogen) atoms. The van der Waals surface area contributed by atoms with E-state index >= 15 is 0 Å². The van der Waals surface area contributed by atoms with Crippen LogP contribution in [0.3, 0.4) is 0 Å². The standard InChI is InChI=1S/C20H15FN8O/c1-11-6-7-23-18-15(11)20(30)29(13-5-3-2-4-12(13)21)14(27-18)8-28-10-26-16-17(22)24-9-25-19(16)28/h2-7,9-10H,8H2,1H3,(H2,22,24,25). The number of fused-ring (bicyclic) bond motifs is 2. The van der Waals surface area contributed by atoms with Crippen LogP contribution in [0.15, 0.2) is 54.0 Å². The second kappa shape index (κ2) is 6.69. The van der Waals surface area contributed by atoms with Gasteiger partial charge in [-0.3, -0.25) is 9.36 Å². The first-order chi connectivity index (χ1) is 14.5. The summed E-state index contributed by atoms with van der Waals surface area (Å²) in [4.78, 5) is 34.6. The van der Waals surface area contributed by atoms with Gasteiger partial charge in [-0.05, 0) is 30.7 Å². The predicted octanol–water partition coefficient (Wildman–Crippen LogP) is 2.00. The molecule has 0 saturated heterocycles. The summed E-state index contributed by atoms with van der Waals surface area (Å²) in [6.45, 7) is 1.89. The van der Waals surface area contributed by atoms with Gasteiger partial charge >= 0.3 is 0 Å². The molecule has 2 N–H and O–H groups in total. The van der Waals surface area contributed by atoms with Gasteiger partial charge in [0.25, 0.3) is 5.56 Å². The van der Waals surface area contributed by atoms with E-state index in [9.17, 15) is 9.18 Å². The summed E-state index contributed by atoms with van der Waals surface area (Å²) in [5.74, 6) is -0.00760. The number of aromatic nitrogens is 7. The number of hydrogen-bond donors (Lipinski definition) is 1. The van der Waals surface area contributed by atoms with Crippen LogP contribution in [0.5, 0.6) is 0 Å². The normalized spacial score (nSPS) is 11.4. The first kappa shape index (κ1) is 17.9. The summed E-state index contributed by atoms with van der Waals surface area (Å²) < 4.78 is 17.6. The molecule has 0 aliphatic heterocycles. The van der Waals surface area contributed by atoms with Gasteiger partial charge in [0.05, 0.1) is 23.9 Å². The van der Waals surface area contributed by atoms with Gasteiger partial charge in [-0.1, -0.05) is 12.1 Å². The molecule has 148 valence electrons. The van der Waals surface area contributed by atoms with Crippen LogP contribution < -0.4 is 11.3 Å². The van der Waals surface area contributed by atoms with Crippen molar-refractivity contribution in [3.8, 4) is 5.69 Å². The number of hydrogen-bond acceptors (Lipinski definition) is 7. The number of nitrogen functional groups attached to an aromatic ring is 1. The number of benzene rings is 1. The van der Waals surface area contributed by atoms with Crippen LogP contribution in [-0.4, -0.2) is 34.1 Å². The minimum atomic E-state index is -0.536. The second-order valence-electron chi connectivity index (χ2n) is 6.75. The molecule has 0 aliphatic carbocycles. The van der Waals surface area contributed by atoms with Crippen molar-refractivity contribution in [2.45, 2.75) is 13.5 Å². The molecule has 4 heterocycles. The molecule has 0 aliphatic rings. The van der Waals surface area contributed by atoms with Crippen molar-refractivity contribution in [3.05, 3.63) is 76.7 Å². The average molecular weight is 402 g/mol. The molecule has 5 rings (SSSR count).